The summed E-state index contributed by atoms with van der Waals surface area (Å²) in [6.45, 7) is 11.0. The van der Waals surface area contributed by atoms with E-state index in [0.717, 1.165) is 55.9 Å². The first kappa shape index (κ1) is 34.2. The maximum absolute atomic E-state index is 10.0. The lowest BCUT2D eigenvalue weighted by molar-refractivity contribution is 0.188. The summed E-state index contributed by atoms with van der Waals surface area (Å²) in [5.74, 6) is 1.93. The van der Waals surface area contributed by atoms with Crippen LogP contribution in [0.1, 0.15) is 24.0 Å². The Labute approximate surface area is 282 Å². The second-order valence-electron chi connectivity index (χ2n) is 10.9. The molecule has 4 rings (SSSR count). The van der Waals surface area contributed by atoms with Gasteiger partial charge in [0.2, 0.25) is 0 Å². The Morgan fingerprint density at radius 2 is 1.46 bits per heavy atom. The fraction of sp³-hybridized carbons (Fsp3) is 0.175. The summed E-state index contributed by atoms with van der Waals surface area (Å²) in [5.41, 5.74) is 5.28. The molecular weight excluding hydrogens is 592 g/mol. The van der Waals surface area contributed by atoms with E-state index in [2.05, 4.69) is 33.8 Å². The van der Waals surface area contributed by atoms with E-state index in [0.29, 0.717) is 22.3 Å². The summed E-state index contributed by atoms with van der Waals surface area (Å²) >= 11 is 0. The molecule has 0 atom stereocenters. The van der Waals surface area contributed by atoms with Crippen molar-refractivity contribution >= 4 is 17.0 Å². The molecule has 1 heterocycles. The maximum atomic E-state index is 10.0. The minimum atomic E-state index is -0.145. The first-order valence-electron chi connectivity index (χ1n) is 15.3. The molecule has 0 radical (unpaired) electrons. The van der Waals surface area contributed by atoms with Gasteiger partial charge in [0.15, 0.2) is 0 Å². The van der Waals surface area contributed by atoms with Crippen molar-refractivity contribution in [2.75, 3.05) is 33.2 Å². The zero-order chi connectivity index (χ0) is 34.3. The van der Waals surface area contributed by atoms with Crippen LogP contribution in [0.2, 0.25) is 0 Å². The lowest BCUT2D eigenvalue weighted by Crippen LogP contribution is -2.44. The van der Waals surface area contributed by atoms with Gasteiger partial charge in [-0.25, -0.2) is 16.0 Å². The molecule has 0 unspecified atom stereocenters. The average molecular weight is 624 g/mol. The lowest BCUT2D eigenvalue weighted by Gasteiger charge is -2.36. The van der Waals surface area contributed by atoms with Crippen molar-refractivity contribution in [2.24, 2.45) is 0 Å². The second kappa shape index (κ2) is 17.1. The standard InChI is InChI=1S/C40H31N8/c1-46-37(29-45)39(31-13-7-4-8-14-31)35(26-42)18-10-16-33-20-19-32(40(33)48-23-21-47(2)22-24-48)15-9-17-34(25-41)38(36(27-43)28-44)30-11-5-3-6-12-30/h3-18H,19-24H2,2H3/q-1/b16-10+,17-9+,32-15+,35-18+,38-34-,39-37+. The molecule has 1 aliphatic heterocycles. The Hall–Kier alpha value is -6.72. The van der Waals surface area contributed by atoms with Crippen molar-refractivity contribution in [3.05, 3.63) is 164 Å². The molecule has 8 heteroatoms. The van der Waals surface area contributed by atoms with Crippen LogP contribution in [0.15, 0.2) is 136 Å². The molecule has 48 heavy (non-hydrogen) atoms. The van der Waals surface area contributed by atoms with Gasteiger partial charge in [0.05, 0.1) is 41.5 Å². The van der Waals surface area contributed by atoms with E-state index in [4.69, 9.17) is 6.57 Å². The largest absolute Gasteiger partial charge is 0.762 e. The van der Waals surface area contributed by atoms with Gasteiger partial charge >= 0.3 is 0 Å². The molecule has 1 saturated heterocycles. The average Bonchev–Trinajstić information content (AvgIpc) is 3.53. The molecule has 0 amide bonds. The molecule has 0 saturated carbocycles. The van der Waals surface area contributed by atoms with Crippen molar-refractivity contribution in [1.82, 2.24) is 9.80 Å². The van der Waals surface area contributed by atoms with E-state index in [-0.39, 0.29) is 22.4 Å². The zero-order valence-corrected chi connectivity index (χ0v) is 26.6. The van der Waals surface area contributed by atoms with E-state index >= 15 is 0 Å². The number of hydrogen-bond donors (Lipinski definition) is 0. The Morgan fingerprint density at radius 3 is 2.00 bits per heavy atom. The number of likely N-dealkylation sites (N-methyl/N-ethyl adjacent to an activating group) is 1. The number of benzene rings is 2. The van der Waals surface area contributed by atoms with Crippen LogP contribution in [0, 0.1) is 51.9 Å². The Morgan fingerprint density at radius 1 is 0.812 bits per heavy atom. The van der Waals surface area contributed by atoms with Crippen molar-refractivity contribution in [3.63, 3.8) is 0 Å². The number of allylic oxidation sites excluding steroid dienone is 14. The van der Waals surface area contributed by atoms with Gasteiger partial charge in [-0.2, -0.15) is 15.8 Å². The van der Waals surface area contributed by atoms with Crippen LogP contribution >= 0.6 is 0 Å². The van der Waals surface area contributed by atoms with Crippen molar-refractivity contribution in [3.8, 4) is 24.3 Å². The highest BCUT2D eigenvalue weighted by atomic mass is 15.3. The predicted octanol–water partition coefficient (Wildman–Crippen LogP) is 7.29. The first-order valence-corrected chi connectivity index (χ1v) is 15.3. The number of piperazine rings is 1. The zero-order valence-electron chi connectivity index (χ0n) is 26.6. The maximum Gasteiger partial charge on any atom is 0.270 e. The van der Waals surface area contributed by atoms with E-state index in [9.17, 15) is 26.5 Å². The van der Waals surface area contributed by atoms with E-state index in [1.165, 1.54) is 0 Å². The molecule has 0 bridgehead atoms. The van der Waals surface area contributed by atoms with Gasteiger partial charge in [-0.15, -0.1) is 0 Å². The molecule has 2 aromatic rings. The van der Waals surface area contributed by atoms with Crippen LogP contribution in [-0.4, -0.2) is 48.9 Å². The van der Waals surface area contributed by atoms with Gasteiger partial charge in [-0.05, 0) is 54.3 Å². The monoisotopic (exact) mass is 623 g/mol. The Balaban J connectivity index is 1.76. The molecule has 2 aliphatic rings. The molecule has 0 spiro atoms. The normalized spacial score (nSPS) is 17.1. The number of nitriles is 4. The summed E-state index contributed by atoms with van der Waals surface area (Å²) < 4.78 is 0. The van der Waals surface area contributed by atoms with Crippen molar-refractivity contribution in [2.45, 2.75) is 12.8 Å². The van der Waals surface area contributed by atoms with Gasteiger partial charge < -0.3 is 15.2 Å². The topological polar surface area (TPSA) is 128 Å². The van der Waals surface area contributed by atoms with E-state index in [1.54, 1.807) is 72.8 Å². The molecule has 2 aromatic carbocycles. The van der Waals surface area contributed by atoms with Crippen LogP contribution in [0.25, 0.3) is 21.4 Å². The molecule has 232 valence electrons. The summed E-state index contributed by atoms with van der Waals surface area (Å²) in [4.78, 5) is 8.02. The van der Waals surface area contributed by atoms with Gasteiger partial charge in [-0.1, -0.05) is 85.0 Å². The molecule has 1 fully saturated rings. The number of nitrogens with zero attached hydrogens (tertiary/aromatic N) is 8. The van der Waals surface area contributed by atoms with Crippen molar-refractivity contribution < 1.29 is 0 Å². The lowest BCUT2D eigenvalue weighted by atomic mass is 9.94. The van der Waals surface area contributed by atoms with Crippen LogP contribution in [0.3, 0.4) is 0 Å². The molecule has 0 aromatic heterocycles. The summed E-state index contributed by atoms with van der Waals surface area (Å²) in [6.07, 6.45) is 12.4. The molecule has 1 aliphatic carbocycles. The highest BCUT2D eigenvalue weighted by molar-refractivity contribution is 5.97. The van der Waals surface area contributed by atoms with Gasteiger partial charge in [0, 0.05) is 43.0 Å². The highest BCUT2D eigenvalue weighted by Crippen LogP contribution is 2.36. The molecule has 0 N–H and O–H groups in total. The van der Waals surface area contributed by atoms with Crippen LogP contribution < -0.4 is 0 Å². The Bertz CT molecular complexity index is 2010. The van der Waals surface area contributed by atoms with E-state index < -0.39 is 0 Å². The second-order valence-corrected chi connectivity index (χ2v) is 10.9. The first-order chi connectivity index (χ1) is 23.5. The minimum absolute atomic E-state index is 0.130. The van der Waals surface area contributed by atoms with Gasteiger partial charge in [-0.3, -0.25) is 0 Å². The molecule has 8 nitrogen and oxygen atoms in total. The smallest absolute Gasteiger partial charge is 0.270 e. The van der Waals surface area contributed by atoms with Crippen LogP contribution in [-0.2, 0) is 0 Å². The predicted molar refractivity (Wildman–Crippen MR) is 187 cm³/mol. The summed E-state index contributed by atoms with van der Waals surface area (Å²) in [7, 11) is 2.10. The minimum Gasteiger partial charge on any atom is -0.762 e. The Kier molecular flexibility index (Phi) is 12.2. The van der Waals surface area contributed by atoms with Crippen LogP contribution in [0.4, 0.5) is 0 Å². The number of hydrogen-bond acceptors (Lipinski definition) is 6. The fourth-order valence-electron chi connectivity index (χ4n) is 5.68. The summed E-state index contributed by atoms with van der Waals surface area (Å²) in [5, 5.41) is 49.0. The van der Waals surface area contributed by atoms with Gasteiger partial charge in [0.25, 0.3) is 5.70 Å². The third-order valence-electron chi connectivity index (χ3n) is 8.04. The van der Waals surface area contributed by atoms with Crippen molar-refractivity contribution in [1.29, 1.82) is 21.0 Å². The summed E-state index contributed by atoms with van der Waals surface area (Å²) in [6, 6.07) is 26.2. The fourth-order valence-corrected chi connectivity index (χ4v) is 5.68. The third-order valence-corrected chi connectivity index (χ3v) is 8.04. The van der Waals surface area contributed by atoms with Crippen LogP contribution in [0.5, 0.6) is 0 Å². The number of rotatable bonds is 9. The third kappa shape index (κ3) is 8.10. The van der Waals surface area contributed by atoms with Gasteiger partial charge in [0.1, 0.15) is 6.07 Å². The SMILES string of the molecule is [C-]#[N+]/C(C#N)=C(/C(C#N)=C/C=C/C1=C(N2CCN(C)CC2)C(=C/C=C/C(C#N)=C(/C(=C=[N-])C#N)c2ccccc2)/CC1)c1ccccc1. The quantitative estimate of drug-likeness (QED) is 0.125. The van der Waals surface area contributed by atoms with E-state index in [1.807, 2.05) is 42.3 Å². The highest BCUT2D eigenvalue weighted by Gasteiger charge is 2.25. The molecular formula is C40H31N8-.